The third kappa shape index (κ3) is 2.84. The lowest BCUT2D eigenvalue weighted by molar-refractivity contribution is -0.369. The molecule has 130 valence electrons. The molecular weight excluding hydrogens is 311 g/mol. The second-order valence-electron chi connectivity index (χ2n) is 7.23. The predicted molar refractivity (Wildman–Crippen MR) is 85.3 cm³/mol. The van der Waals surface area contributed by atoms with Gasteiger partial charge in [-0.2, -0.15) is 0 Å². The molecule has 4 nitrogen and oxygen atoms in total. The van der Waals surface area contributed by atoms with E-state index in [1.54, 1.807) is 24.3 Å². The van der Waals surface area contributed by atoms with E-state index in [0.29, 0.717) is 12.2 Å². The maximum Gasteiger partial charge on any atom is 0.338 e. The van der Waals surface area contributed by atoms with Crippen LogP contribution in [0.1, 0.15) is 48.9 Å². The van der Waals surface area contributed by atoms with Gasteiger partial charge < -0.3 is 14.2 Å². The molecule has 3 fully saturated rings. The van der Waals surface area contributed by atoms with Crippen LogP contribution in [-0.4, -0.2) is 36.7 Å². The molecule has 1 aromatic rings. The maximum atomic E-state index is 15.0. The van der Waals surface area contributed by atoms with Crippen molar-refractivity contribution in [1.82, 2.24) is 0 Å². The molecular formula is C19H23FO4. The lowest BCUT2D eigenvalue weighted by atomic mass is 9.68. The lowest BCUT2D eigenvalue weighted by Gasteiger charge is -2.56. The Bertz CT molecular complexity index is 599. The molecule has 3 atom stereocenters. The monoisotopic (exact) mass is 334 g/mol. The van der Waals surface area contributed by atoms with Crippen LogP contribution in [0.15, 0.2) is 30.3 Å². The van der Waals surface area contributed by atoms with E-state index in [9.17, 15) is 4.79 Å². The lowest BCUT2D eigenvalue weighted by Crippen LogP contribution is -2.66. The average Bonchev–Trinajstić information content (AvgIpc) is 2.60. The first-order chi connectivity index (χ1) is 11.6. The largest absolute Gasteiger partial charge is 0.459 e. The number of carbonyl (C=O) groups is 1. The van der Waals surface area contributed by atoms with Crippen LogP contribution in [-0.2, 0) is 14.2 Å². The Labute approximate surface area is 141 Å². The van der Waals surface area contributed by atoms with Gasteiger partial charge in [0.05, 0.1) is 18.3 Å². The second kappa shape index (κ2) is 6.12. The number of benzene rings is 1. The Hall–Kier alpha value is -1.46. The van der Waals surface area contributed by atoms with Crippen LogP contribution >= 0.6 is 0 Å². The van der Waals surface area contributed by atoms with Gasteiger partial charge in [-0.05, 0) is 25.0 Å². The van der Waals surface area contributed by atoms with Gasteiger partial charge in [-0.3, -0.25) is 0 Å². The Morgan fingerprint density at radius 1 is 1.21 bits per heavy atom. The van der Waals surface area contributed by atoms with E-state index in [4.69, 9.17) is 14.2 Å². The minimum absolute atomic E-state index is 0.114. The molecule has 1 saturated heterocycles. The average molecular weight is 334 g/mol. The number of carbonyl (C=O) groups excluding carboxylic acids is 1. The van der Waals surface area contributed by atoms with Gasteiger partial charge >= 0.3 is 5.97 Å². The first-order valence-electron chi connectivity index (χ1n) is 8.83. The van der Waals surface area contributed by atoms with Crippen LogP contribution < -0.4 is 0 Å². The van der Waals surface area contributed by atoms with Crippen molar-refractivity contribution in [3.05, 3.63) is 35.9 Å². The van der Waals surface area contributed by atoms with Crippen molar-refractivity contribution in [3.8, 4) is 0 Å². The zero-order valence-electron chi connectivity index (χ0n) is 13.7. The van der Waals surface area contributed by atoms with E-state index in [1.807, 2.05) is 6.07 Å². The number of hydrogen-bond acceptors (Lipinski definition) is 4. The predicted octanol–water partition coefficient (Wildman–Crippen LogP) is 3.65. The van der Waals surface area contributed by atoms with Crippen molar-refractivity contribution in [2.45, 2.75) is 56.1 Å². The van der Waals surface area contributed by atoms with Crippen LogP contribution in [0.2, 0.25) is 0 Å². The summed E-state index contributed by atoms with van der Waals surface area (Å²) in [5.74, 6) is -1.31. The van der Waals surface area contributed by atoms with Crippen molar-refractivity contribution in [2.24, 2.45) is 5.92 Å². The van der Waals surface area contributed by atoms with Crippen molar-refractivity contribution >= 4 is 5.97 Å². The van der Waals surface area contributed by atoms with E-state index in [-0.39, 0.29) is 25.0 Å². The third-order valence-corrected chi connectivity index (χ3v) is 5.61. The van der Waals surface area contributed by atoms with Crippen LogP contribution in [0.25, 0.3) is 0 Å². The quantitative estimate of drug-likeness (QED) is 0.792. The van der Waals surface area contributed by atoms with Gasteiger partial charge in [-0.25, -0.2) is 9.18 Å². The van der Waals surface area contributed by atoms with Crippen molar-refractivity contribution in [2.75, 3.05) is 13.2 Å². The van der Waals surface area contributed by atoms with E-state index in [1.165, 1.54) is 6.42 Å². The number of alkyl halides is 1. The van der Waals surface area contributed by atoms with Crippen LogP contribution in [0, 0.1) is 5.92 Å². The fraction of sp³-hybridized carbons (Fsp3) is 0.632. The Balaban J connectivity index is 1.33. The van der Waals surface area contributed by atoms with E-state index < -0.39 is 17.4 Å². The standard InChI is InChI=1S/C19H23FO4/c20-18(13-22-17(21)14-7-3-1-4-8-14)11-16-15(18)12-23-19(24-16)9-5-2-6-10-19/h1,3-4,7-8,15-16H,2,5-6,9-13H2/t15-,16-,18+/m0/s1. The highest BCUT2D eigenvalue weighted by Crippen LogP contribution is 2.51. The normalized spacial score (nSPS) is 34.2. The Morgan fingerprint density at radius 3 is 2.67 bits per heavy atom. The molecule has 5 heteroatoms. The van der Waals surface area contributed by atoms with Gasteiger partial charge in [-0.15, -0.1) is 0 Å². The summed E-state index contributed by atoms with van der Waals surface area (Å²) in [4.78, 5) is 12.0. The maximum absolute atomic E-state index is 15.0. The molecule has 2 aliphatic carbocycles. The number of esters is 1. The molecule has 0 bridgehead atoms. The molecule has 0 amide bonds. The van der Waals surface area contributed by atoms with Crippen molar-refractivity contribution in [3.63, 3.8) is 0 Å². The van der Waals surface area contributed by atoms with Crippen LogP contribution in [0.4, 0.5) is 4.39 Å². The summed E-state index contributed by atoms with van der Waals surface area (Å²) in [6.07, 6.45) is 5.39. The minimum atomic E-state index is -1.54. The number of rotatable bonds is 3. The zero-order valence-corrected chi connectivity index (χ0v) is 13.7. The fourth-order valence-electron chi connectivity index (χ4n) is 4.09. The SMILES string of the molecule is O=C(OC[C@]1(F)C[C@@H]2OC3(CCCCC3)OC[C@@H]21)c1ccccc1. The highest BCUT2D eigenvalue weighted by molar-refractivity contribution is 5.89. The Kier molecular flexibility index (Phi) is 4.09. The molecule has 0 aromatic heterocycles. The van der Waals surface area contributed by atoms with E-state index in [0.717, 1.165) is 25.7 Å². The summed E-state index contributed by atoms with van der Waals surface area (Å²) < 4.78 is 32.3. The molecule has 0 N–H and O–H groups in total. The first-order valence-corrected chi connectivity index (χ1v) is 8.83. The third-order valence-electron chi connectivity index (χ3n) is 5.61. The van der Waals surface area contributed by atoms with Crippen LogP contribution in [0.3, 0.4) is 0 Å². The summed E-state index contributed by atoms with van der Waals surface area (Å²) in [7, 11) is 0. The summed E-state index contributed by atoms with van der Waals surface area (Å²) in [5.41, 5.74) is -1.10. The summed E-state index contributed by atoms with van der Waals surface area (Å²) in [5, 5.41) is 0. The smallest absolute Gasteiger partial charge is 0.338 e. The van der Waals surface area contributed by atoms with Gasteiger partial charge in [-0.1, -0.05) is 24.6 Å². The first kappa shape index (κ1) is 16.0. The molecule has 1 spiro atoms. The molecule has 1 heterocycles. The highest BCUT2D eigenvalue weighted by Gasteiger charge is 2.61. The van der Waals surface area contributed by atoms with E-state index >= 15 is 4.39 Å². The van der Waals surface area contributed by atoms with Gasteiger partial charge in [0.2, 0.25) is 0 Å². The summed E-state index contributed by atoms with van der Waals surface area (Å²) in [6.45, 7) is 0.117. The molecule has 1 aromatic carbocycles. The molecule has 0 unspecified atom stereocenters. The van der Waals surface area contributed by atoms with Crippen LogP contribution in [0.5, 0.6) is 0 Å². The topological polar surface area (TPSA) is 44.8 Å². The van der Waals surface area contributed by atoms with Crippen molar-refractivity contribution < 1.29 is 23.4 Å². The summed E-state index contributed by atoms with van der Waals surface area (Å²) >= 11 is 0. The van der Waals surface area contributed by atoms with E-state index in [2.05, 4.69) is 0 Å². The molecule has 2 saturated carbocycles. The molecule has 3 aliphatic rings. The van der Waals surface area contributed by atoms with Gasteiger partial charge in [0.1, 0.15) is 6.61 Å². The Morgan fingerprint density at radius 2 is 1.96 bits per heavy atom. The van der Waals surface area contributed by atoms with Gasteiger partial charge in [0, 0.05) is 25.2 Å². The molecule has 4 rings (SSSR count). The number of halogens is 1. The molecule has 1 aliphatic heterocycles. The zero-order chi connectivity index (χ0) is 16.6. The molecule has 24 heavy (non-hydrogen) atoms. The number of ether oxygens (including phenoxy) is 3. The number of fused-ring (bicyclic) bond motifs is 1. The van der Waals surface area contributed by atoms with Gasteiger partial charge in [0.15, 0.2) is 11.5 Å². The molecule has 0 radical (unpaired) electrons. The number of hydrogen-bond donors (Lipinski definition) is 0. The minimum Gasteiger partial charge on any atom is -0.459 e. The fourth-order valence-corrected chi connectivity index (χ4v) is 4.09. The summed E-state index contributed by atoms with van der Waals surface area (Å²) in [6, 6.07) is 8.66. The van der Waals surface area contributed by atoms with Crippen molar-refractivity contribution in [1.29, 1.82) is 0 Å². The highest BCUT2D eigenvalue weighted by atomic mass is 19.1. The van der Waals surface area contributed by atoms with Gasteiger partial charge in [0.25, 0.3) is 0 Å². The second-order valence-corrected chi connectivity index (χ2v) is 7.23.